The van der Waals surface area contributed by atoms with Gasteiger partial charge in [0.25, 0.3) is 0 Å². The minimum atomic E-state index is -4.02. The van der Waals surface area contributed by atoms with E-state index < -0.39 is 10.0 Å². The highest BCUT2D eigenvalue weighted by Gasteiger charge is 2.32. The van der Waals surface area contributed by atoms with Gasteiger partial charge in [0, 0.05) is 25.7 Å². The van der Waals surface area contributed by atoms with E-state index in [1.807, 2.05) is 30.3 Å². The van der Waals surface area contributed by atoms with E-state index in [1.165, 1.54) is 36.7 Å². The number of benzene rings is 2. The second-order valence-electron chi connectivity index (χ2n) is 8.50. The smallest absolute Gasteiger partial charge is 0.309 e. The van der Waals surface area contributed by atoms with Gasteiger partial charge in [0.15, 0.2) is 11.5 Å². The first-order valence-electron chi connectivity index (χ1n) is 12.0. The number of sulfonamides is 1. The van der Waals surface area contributed by atoms with Crippen molar-refractivity contribution in [3.8, 4) is 11.5 Å². The van der Waals surface area contributed by atoms with Crippen LogP contribution in [0.5, 0.6) is 11.5 Å². The largest absolute Gasteiger partial charge is 0.493 e. The van der Waals surface area contributed by atoms with Crippen LogP contribution in [0.1, 0.15) is 25.3 Å². The molecule has 0 saturated carbocycles. The van der Waals surface area contributed by atoms with Crippen molar-refractivity contribution in [2.75, 3.05) is 47.0 Å². The molecular formula is C26H34N2O7S. The summed E-state index contributed by atoms with van der Waals surface area (Å²) in [5, 5.41) is 0. The van der Waals surface area contributed by atoms with Crippen molar-refractivity contribution >= 4 is 21.9 Å². The number of hydrogen-bond donors (Lipinski definition) is 0. The number of esters is 1. The number of carbonyl (C=O) groups is 2. The van der Waals surface area contributed by atoms with Crippen LogP contribution in [0, 0.1) is 5.92 Å². The SMILES string of the molecule is CCOC(=O)C1CCN(C(=O)CN(CCc2ccccc2)S(=O)(=O)c2ccc(OC)c(OC)c2)CC1. The highest BCUT2D eigenvalue weighted by molar-refractivity contribution is 7.89. The number of carbonyl (C=O) groups excluding carboxylic acids is 2. The van der Waals surface area contributed by atoms with Gasteiger partial charge in [0.1, 0.15) is 0 Å². The second-order valence-corrected chi connectivity index (χ2v) is 10.4. The number of methoxy groups -OCH3 is 2. The summed E-state index contributed by atoms with van der Waals surface area (Å²) in [4.78, 5) is 26.8. The van der Waals surface area contributed by atoms with Crippen LogP contribution in [0.3, 0.4) is 0 Å². The molecule has 0 N–H and O–H groups in total. The van der Waals surface area contributed by atoms with Crippen LogP contribution in [0.4, 0.5) is 0 Å². The van der Waals surface area contributed by atoms with Gasteiger partial charge in [-0.25, -0.2) is 8.42 Å². The number of amides is 1. The van der Waals surface area contributed by atoms with E-state index in [9.17, 15) is 18.0 Å². The molecule has 3 rings (SSSR count). The van der Waals surface area contributed by atoms with Gasteiger partial charge in [-0.2, -0.15) is 4.31 Å². The molecule has 36 heavy (non-hydrogen) atoms. The maximum Gasteiger partial charge on any atom is 0.309 e. The van der Waals surface area contributed by atoms with Crippen LogP contribution in [-0.4, -0.2) is 76.5 Å². The maximum atomic E-state index is 13.7. The van der Waals surface area contributed by atoms with Crippen LogP contribution in [0.2, 0.25) is 0 Å². The summed E-state index contributed by atoms with van der Waals surface area (Å²) in [6, 6.07) is 13.9. The van der Waals surface area contributed by atoms with E-state index in [2.05, 4.69) is 0 Å². The van der Waals surface area contributed by atoms with Gasteiger partial charge in [0.05, 0.1) is 38.2 Å². The van der Waals surface area contributed by atoms with Crippen LogP contribution >= 0.6 is 0 Å². The Hall–Kier alpha value is -3.11. The molecule has 0 unspecified atom stereocenters. The lowest BCUT2D eigenvalue weighted by atomic mass is 9.97. The second kappa shape index (κ2) is 12.7. The monoisotopic (exact) mass is 518 g/mol. The number of rotatable bonds is 11. The van der Waals surface area contributed by atoms with Crippen molar-refractivity contribution in [1.29, 1.82) is 0 Å². The highest BCUT2D eigenvalue weighted by Crippen LogP contribution is 2.31. The molecule has 9 nitrogen and oxygen atoms in total. The zero-order valence-corrected chi connectivity index (χ0v) is 21.8. The van der Waals surface area contributed by atoms with Gasteiger partial charge in [-0.3, -0.25) is 9.59 Å². The van der Waals surface area contributed by atoms with Crippen LogP contribution in [0.25, 0.3) is 0 Å². The predicted octanol–water partition coefficient (Wildman–Crippen LogP) is 2.74. The van der Waals surface area contributed by atoms with Gasteiger partial charge < -0.3 is 19.1 Å². The van der Waals surface area contributed by atoms with Gasteiger partial charge >= 0.3 is 5.97 Å². The maximum absolute atomic E-state index is 13.7. The molecule has 0 spiro atoms. The Morgan fingerprint density at radius 2 is 1.67 bits per heavy atom. The molecule has 0 radical (unpaired) electrons. The summed E-state index contributed by atoms with van der Waals surface area (Å²) in [6.07, 6.45) is 1.44. The third-order valence-electron chi connectivity index (χ3n) is 6.26. The summed E-state index contributed by atoms with van der Waals surface area (Å²) in [7, 11) is -1.11. The first kappa shape index (κ1) is 27.5. The average molecular weight is 519 g/mol. The van der Waals surface area contributed by atoms with Gasteiger partial charge in [0.2, 0.25) is 15.9 Å². The van der Waals surface area contributed by atoms with Crippen molar-refractivity contribution in [3.05, 3.63) is 54.1 Å². The molecule has 196 valence electrons. The first-order chi connectivity index (χ1) is 17.3. The Morgan fingerprint density at radius 3 is 2.28 bits per heavy atom. The van der Waals surface area contributed by atoms with Crippen molar-refractivity contribution < 1.29 is 32.2 Å². The zero-order valence-electron chi connectivity index (χ0n) is 21.0. The molecular weight excluding hydrogens is 484 g/mol. The molecule has 1 saturated heterocycles. The Bertz CT molecular complexity index is 1130. The molecule has 0 atom stereocenters. The van der Waals surface area contributed by atoms with Crippen molar-refractivity contribution in [2.45, 2.75) is 31.1 Å². The van der Waals surface area contributed by atoms with Crippen molar-refractivity contribution in [3.63, 3.8) is 0 Å². The molecule has 0 bridgehead atoms. The van der Waals surface area contributed by atoms with Crippen molar-refractivity contribution in [2.24, 2.45) is 5.92 Å². The topological polar surface area (TPSA) is 102 Å². The third-order valence-corrected chi connectivity index (χ3v) is 8.11. The lowest BCUT2D eigenvalue weighted by Crippen LogP contribution is -2.47. The van der Waals surface area contributed by atoms with Crippen molar-refractivity contribution in [1.82, 2.24) is 9.21 Å². The van der Waals surface area contributed by atoms with E-state index in [0.29, 0.717) is 44.7 Å². The summed E-state index contributed by atoms with van der Waals surface area (Å²) in [5.41, 5.74) is 0.965. The van der Waals surface area contributed by atoms with E-state index in [1.54, 1.807) is 11.8 Å². The molecule has 1 aliphatic rings. The standard InChI is InChI=1S/C26H34N2O7S/c1-4-35-26(30)21-13-15-27(16-14-21)25(29)19-28(17-12-20-8-6-5-7-9-20)36(31,32)22-10-11-23(33-2)24(18-22)34-3/h5-11,18,21H,4,12-17,19H2,1-3H3. The lowest BCUT2D eigenvalue weighted by molar-refractivity contribution is -0.151. The minimum Gasteiger partial charge on any atom is -0.493 e. The van der Waals surface area contributed by atoms with E-state index in [4.69, 9.17) is 14.2 Å². The van der Waals surface area contributed by atoms with Gasteiger partial charge in [-0.15, -0.1) is 0 Å². The molecule has 1 heterocycles. The Labute approximate surface area is 213 Å². The van der Waals surface area contributed by atoms with Crippen LogP contribution < -0.4 is 9.47 Å². The van der Waals surface area contributed by atoms with Gasteiger partial charge in [-0.05, 0) is 43.9 Å². The highest BCUT2D eigenvalue weighted by atomic mass is 32.2. The molecule has 10 heteroatoms. The summed E-state index contributed by atoms with van der Waals surface area (Å²) in [6.45, 7) is 2.68. The fraction of sp³-hybridized carbons (Fsp3) is 0.462. The third kappa shape index (κ3) is 6.76. The molecule has 1 aliphatic heterocycles. The normalized spacial score (nSPS) is 14.5. The number of hydrogen-bond acceptors (Lipinski definition) is 7. The Morgan fingerprint density at radius 1 is 1.00 bits per heavy atom. The van der Waals surface area contributed by atoms with E-state index >= 15 is 0 Å². The average Bonchev–Trinajstić information content (AvgIpc) is 2.91. The Kier molecular flexibility index (Phi) is 9.72. The number of piperidine rings is 1. The number of likely N-dealkylation sites (tertiary alicyclic amines) is 1. The minimum absolute atomic E-state index is 0.0158. The molecule has 0 aliphatic carbocycles. The number of nitrogens with zero attached hydrogens (tertiary/aromatic N) is 2. The molecule has 1 fully saturated rings. The quantitative estimate of drug-likeness (QED) is 0.422. The van der Waals surface area contributed by atoms with Gasteiger partial charge in [-0.1, -0.05) is 30.3 Å². The fourth-order valence-corrected chi connectivity index (χ4v) is 5.59. The molecule has 2 aromatic rings. The molecule has 1 amide bonds. The Balaban J connectivity index is 1.78. The predicted molar refractivity (Wildman–Crippen MR) is 134 cm³/mol. The van der Waals surface area contributed by atoms with Crippen LogP contribution in [0.15, 0.2) is 53.4 Å². The fourth-order valence-electron chi connectivity index (χ4n) is 4.18. The summed E-state index contributed by atoms with van der Waals surface area (Å²) in [5.74, 6) is -0.0833. The summed E-state index contributed by atoms with van der Waals surface area (Å²) < 4.78 is 44.1. The molecule has 2 aromatic carbocycles. The summed E-state index contributed by atoms with van der Waals surface area (Å²) >= 11 is 0. The molecule has 0 aromatic heterocycles. The first-order valence-corrected chi connectivity index (χ1v) is 13.4. The van der Waals surface area contributed by atoms with Crippen LogP contribution in [-0.2, 0) is 30.8 Å². The zero-order chi connectivity index (χ0) is 26.1. The number of ether oxygens (including phenoxy) is 3. The van der Waals surface area contributed by atoms with E-state index in [-0.39, 0.29) is 41.5 Å². The lowest BCUT2D eigenvalue weighted by Gasteiger charge is -2.32. The van der Waals surface area contributed by atoms with E-state index in [0.717, 1.165) is 5.56 Å².